The van der Waals surface area contributed by atoms with Crippen molar-refractivity contribution in [3.63, 3.8) is 0 Å². The maximum absolute atomic E-state index is 13.1. The molecule has 0 bridgehead atoms. The van der Waals surface area contributed by atoms with Gasteiger partial charge in [0.2, 0.25) is 0 Å². The highest BCUT2D eigenvalue weighted by molar-refractivity contribution is 6.96. The number of hydrogen-bond donors (Lipinski definition) is 1. The van der Waals surface area contributed by atoms with Gasteiger partial charge in [-0.15, -0.1) is 0 Å². The van der Waals surface area contributed by atoms with E-state index in [4.69, 9.17) is 34.6 Å². The van der Waals surface area contributed by atoms with Crippen molar-refractivity contribution >= 4 is 30.4 Å². The normalized spacial score (nSPS) is 19.0. The van der Waals surface area contributed by atoms with Crippen molar-refractivity contribution in [2.75, 3.05) is 0 Å². The molecule has 0 saturated heterocycles. The maximum atomic E-state index is 13.1. The first-order chi connectivity index (χ1) is 38.9. The van der Waals surface area contributed by atoms with Crippen LogP contribution in [0.25, 0.3) is 78.8 Å². The molecular weight excluding hydrogens is 831 g/mol. The van der Waals surface area contributed by atoms with Crippen molar-refractivity contribution in [2.45, 2.75) is 117 Å². The average molecular weight is 916 g/mol. The number of aromatic hydroxyl groups is 1. The molecule has 1 aliphatic heterocycles. The van der Waals surface area contributed by atoms with Crippen LogP contribution in [0.2, 0.25) is 13.1 Å². The molecule has 0 spiro atoms. The summed E-state index contributed by atoms with van der Waals surface area (Å²) in [6.07, 6.45) is 3.95. The van der Waals surface area contributed by atoms with Gasteiger partial charge >= 0.3 is 0 Å². The van der Waals surface area contributed by atoms with Crippen LogP contribution in [0, 0.1) is 0 Å². The molecule has 340 valence electrons. The minimum atomic E-state index is -4.14. The molecule has 67 heavy (non-hydrogen) atoms. The molecular formula is C62H67N3OSi. The summed E-state index contributed by atoms with van der Waals surface area (Å²) in [5, 5.41) is 14.5. The Morgan fingerprint density at radius 1 is 0.552 bits per heavy atom. The Kier molecular flexibility index (Phi) is 6.96. The van der Waals surface area contributed by atoms with Crippen molar-refractivity contribution in [1.29, 1.82) is 0 Å². The van der Waals surface area contributed by atoms with E-state index in [2.05, 4.69) is 69.9 Å². The number of fused-ring (bicyclic) bond motifs is 2. The van der Waals surface area contributed by atoms with Crippen LogP contribution in [0.3, 0.4) is 0 Å². The zero-order valence-electron chi connectivity index (χ0n) is 57.1. The van der Waals surface area contributed by atoms with E-state index in [9.17, 15) is 5.11 Å². The molecule has 4 nitrogen and oxygen atoms in total. The lowest BCUT2D eigenvalue weighted by Crippen LogP contribution is -2.37. The SMILES string of the molecule is [2H]C([2H])([2H])C(c1cc(-c2nc3c(-c4cc(-c5cc(-c6ccc7c(c6)[Si](C)(C)C=C7)ccn5)cc(C(C)(C)C)c4)cccc3n2-c2ccc(C(C)(C)C)cc2-c2ccccc2)c(O)c(C(C([2H])([2H])[2H])(C([2H])([2H])[2H])C([2H])([2H])[2H])c1)(C([2H])([2H])[2H])C([2H])([2H])[2H]. The smallest absolute Gasteiger partial charge is 0.149 e. The van der Waals surface area contributed by atoms with Gasteiger partial charge in [0.15, 0.2) is 0 Å². The fourth-order valence-corrected chi connectivity index (χ4v) is 11.3. The van der Waals surface area contributed by atoms with E-state index in [0.717, 1.165) is 33.9 Å². The lowest BCUT2D eigenvalue weighted by atomic mass is 9.79. The molecule has 3 heterocycles. The minimum Gasteiger partial charge on any atom is -0.507 e. The van der Waals surface area contributed by atoms with E-state index in [1.807, 2.05) is 87.5 Å². The molecule has 1 aliphatic rings. The second-order valence-electron chi connectivity index (χ2n) is 20.5. The summed E-state index contributed by atoms with van der Waals surface area (Å²) in [5.41, 5.74) is -0.662. The lowest BCUT2D eigenvalue weighted by Gasteiger charge is -2.28. The van der Waals surface area contributed by atoms with Crippen molar-refractivity contribution < 1.29 is 29.8 Å². The van der Waals surface area contributed by atoms with Crippen molar-refractivity contribution in [3.8, 4) is 67.5 Å². The van der Waals surface area contributed by atoms with Gasteiger partial charge in [-0.05, 0) is 120 Å². The number of pyridine rings is 1. The Hall–Kier alpha value is -6.30. The molecule has 0 amide bonds. The number of para-hydroxylation sites is 1. The summed E-state index contributed by atoms with van der Waals surface area (Å²) in [4.78, 5) is 10.1. The molecule has 0 unspecified atom stereocenters. The van der Waals surface area contributed by atoms with Crippen LogP contribution in [0.5, 0.6) is 5.75 Å². The van der Waals surface area contributed by atoms with Gasteiger partial charge in [-0.3, -0.25) is 9.55 Å². The lowest BCUT2D eigenvalue weighted by molar-refractivity contribution is 0.446. The third kappa shape index (κ3) is 8.64. The first-order valence-corrected chi connectivity index (χ1v) is 25.5. The number of benzene rings is 6. The van der Waals surface area contributed by atoms with Crippen molar-refractivity contribution in [2.24, 2.45) is 0 Å². The minimum absolute atomic E-state index is 0.197. The number of rotatable bonds is 6. The Morgan fingerprint density at radius 2 is 1.24 bits per heavy atom. The van der Waals surface area contributed by atoms with Gasteiger partial charge in [0.05, 0.1) is 28.0 Å². The molecule has 5 heteroatoms. The van der Waals surface area contributed by atoms with E-state index in [0.29, 0.717) is 45.2 Å². The number of hydrogen-bond acceptors (Lipinski definition) is 3. The molecule has 0 aliphatic carbocycles. The predicted octanol–water partition coefficient (Wildman–Crippen LogP) is 16.1. The van der Waals surface area contributed by atoms with E-state index in [-0.39, 0.29) is 5.52 Å². The van der Waals surface area contributed by atoms with Crippen LogP contribution in [0.15, 0.2) is 139 Å². The Bertz CT molecular complexity index is 3870. The standard InChI is InChI=1S/C62H67N3OSi/c1-59(2,3)45-25-26-53(49(36-45)39-19-16-15-17-20-39)65-54-22-18-21-48(56(54)64-58(65)50-37-47(61(7,8)9)38-51(57(50)66)62(10,11)12)43-31-44(33-46(32-43)60(4,5)6)52-34-42(27-29-63-52)41-24-23-40-28-30-67(13,14)55(40)35-41/h15-38,66H,1-14H3/i7D3,8D3,9D3,10D3,11D3,12D3. The molecule has 6 aromatic carbocycles. The van der Waals surface area contributed by atoms with Gasteiger partial charge in [-0.2, -0.15) is 0 Å². The zero-order chi connectivity index (χ0) is 63.0. The number of nitrogens with zero attached hydrogens (tertiary/aromatic N) is 3. The number of phenolic OH excluding ortho intramolecular Hbond substituents is 1. The first-order valence-electron chi connectivity index (χ1n) is 31.5. The van der Waals surface area contributed by atoms with Crippen LogP contribution in [-0.4, -0.2) is 27.7 Å². The van der Waals surface area contributed by atoms with Gasteiger partial charge in [-0.25, -0.2) is 4.98 Å². The highest BCUT2D eigenvalue weighted by Gasteiger charge is 2.31. The van der Waals surface area contributed by atoms with Gasteiger partial charge in [-0.1, -0.05) is 186 Å². The molecule has 2 aromatic heterocycles. The Labute approximate surface area is 425 Å². The molecule has 1 N–H and O–H groups in total. The number of imidazole rings is 1. The Balaban J connectivity index is 1.46. The fourth-order valence-electron chi connectivity index (χ4n) is 9.07. The summed E-state index contributed by atoms with van der Waals surface area (Å²) in [5.74, 6) is -1.74. The van der Waals surface area contributed by atoms with E-state index in [1.54, 1.807) is 35.0 Å². The molecule has 0 fully saturated rings. The number of phenols is 1. The highest BCUT2D eigenvalue weighted by atomic mass is 28.3. The second kappa shape index (κ2) is 16.2. The van der Waals surface area contributed by atoms with E-state index in [1.165, 1.54) is 10.8 Å². The quantitative estimate of drug-likeness (QED) is 0.169. The topological polar surface area (TPSA) is 50.9 Å². The number of aromatic nitrogens is 3. The average Bonchev–Trinajstić information content (AvgIpc) is 0.732. The Morgan fingerprint density at radius 3 is 1.96 bits per heavy atom. The maximum Gasteiger partial charge on any atom is 0.149 e. The molecule has 0 saturated carbocycles. The van der Waals surface area contributed by atoms with Crippen molar-refractivity contribution in [3.05, 3.63) is 167 Å². The highest BCUT2D eigenvalue weighted by Crippen LogP contribution is 2.46. The second-order valence-corrected chi connectivity index (χ2v) is 24.9. The molecule has 8 aromatic rings. The largest absolute Gasteiger partial charge is 0.507 e. The van der Waals surface area contributed by atoms with E-state index < -0.39 is 99.1 Å². The summed E-state index contributed by atoms with van der Waals surface area (Å²) in [6.45, 7) is -7.66. The molecule has 0 radical (unpaired) electrons. The van der Waals surface area contributed by atoms with Gasteiger partial charge in [0, 0.05) is 53.1 Å². The van der Waals surface area contributed by atoms with Crippen molar-refractivity contribution in [1.82, 2.24) is 14.5 Å². The summed E-state index contributed by atoms with van der Waals surface area (Å²) < 4.78 is 160. The predicted molar refractivity (Wildman–Crippen MR) is 289 cm³/mol. The van der Waals surface area contributed by atoms with Gasteiger partial charge in [0.25, 0.3) is 0 Å². The summed E-state index contributed by atoms with van der Waals surface area (Å²) >= 11 is 0. The van der Waals surface area contributed by atoms with Crippen LogP contribution in [-0.2, 0) is 21.7 Å². The van der Waals surface area contributed by atoms with E-state index >= 15 is 0 Å². The monoisotopic (exact) mass is 916 g/mol. The van der Waals surface area contributed by atoms with Gasteiger partial charge < -0.3 is 5.11 Å². The first kappa shape index (κ1) is 28.8. The molecule has 9 rings (SSSR count). The van der Waals surface area contributed by atoms with Crippen LogP contribution in [0.4, 0.5) is 0 Å². The third-order valence-electron chi connectivity index (χ3n) is 13.0. The summed E-state index contributed by atoms with van der Waals surface area (Å²) in [7, 11) is -1.80. The van der Waals surface area contributed by atoms with Crippen LogP contribution < -0.4 is 5.19 Å². The van der Waals surface area contributed by atoms with Gasteiger partial charge in [0.1, 0.15) is 19.6 Å². The zero-order valence-corrected chi connectivity index (χ0v) is 40.1. The molecule has 0 atom stereocenters. The summed E-state index contributed by atoms with van der Waals surface area (Å²) in [6, 6.07) is 37.6. The van der Waals surface area contributed by atoms with Crippen LogP contribution >= 0.6 is 0 Å². The van der Waals surface area contributed by atoms with Crippen LogP contribution in [0.1, 0.15) is 135 Å². The third-order valence-corrected chi connectivity index (χ3v) is 15.8. The fraction of sp³-hybridized carbons (Fsp3) is 0.290.